The predicted molar refractivity (Wildman–Crippen MR) is 153 cm³/mol. The molecule has 0 aliphatic heterocycles. The van der Waals surface area contributed by atoms with Gasteiger partial charge in [0.15, 0.2) is 0 Å². The van der Waals surface area contributed by atoms with Crippen molar-refractivity contribution in [1.82, 2.24) is 9.88 Å². The number of fused-ring (bicyclic) bond motifs is 1. The number of hydrogen-bond donors (Lipinski definition) is 1. The van der Waals surface area contributed by atoms with Gasteiger partial charge < -0.3 is 9.88 Å². The van der Waals surface area contributed by atoms with E-state index in [9.17, 15) is 4.79 Å². The number of aromatic nitrogens is 1. The van der Waals surface area contributed by atoms with Gasteiger partial charge in [-0.2, -0.15) is 0 Å². The molecule has 3 heteroatoms. The van der Waals surface area contributed by atoms with Crippen LogP contribution in [0.3, 0.4) is 0 Å². The molecule has 0 spiro atoms. The van der Waals surface area contributed by atoms with Gasteiger partial charge in [-0.15, -0.1) is 0 Å². The Morgan fingerprint density at radius 3 is 2.14 bits per heavy atom. The molecule has 5 aromatic rings. The number of aryl methyl sites for hydroxylation is 2. The second-order valence-corrected chi connectivity index (χ2v) is 9.90. The summed E-state index contributed by atoms with van der Waals surface area (Å²) in [6, 6.07) is 38.0. The van der Waals surface area contributed by atoms with Gasteiger partial charge in [0.05, 0.1) is 0 Å². The molecular formula is C34H34N2O. The molecule has 0 bridgehead atoms. The first-order valence-corrected chi connectivity index (χ1v) is 13.1. The van der Waals surface area contributed by atoms with Gasteiger partial charge >= 0.3 is 0 Å². The molecular weight excluding hydrogens is 452 g/mol. The quantitative estimate of drug-likeness (QED) is 0.219. The van der Waals surface area contributed by atoms with E-state index < -0.39 is 0 Å². The van der Waals surface area contributed by atoms with E-state index in [1.807, 2.05) is 30.3 Å². The number of carbonyl (C=O) groups is 1. The van der Waals surface area contributed by atoms with Crippen molar-refractivity contribution in [3.05, 3.63) is 143 Å². The lowest BCUT2D eigenvalue weighted by Crippen LogP contribution is -2.24. The second kappa shape index (κ2) is 11.7. The first-order chi connectivity index (χ1) is 18.2. The lowest BCUT2D eigenvalue weighted by atomic mass is 9.89. The van der Waals surface area contributed by atoms with Crippen molar-refractivity contribution in [3.63, 3.8) is 0 Å². The van der Waals surface area contributed by atoms with E-state index in [4.69, 9.17) is 0 Å². The Labute approximate surface area is 219 Å². The van der Waals surface area contributed by atoms with Crippen molar-refractivity contribution in [2.75, 3.05) is 0 Å². The van der Waals surface area contributed by atoms with E-state index in [2.05, 4.69) is 102 Å². The van der Waals surface area contributed by atoms with Crippen molar-refractivity contribution >= 4 is 16.8 Å². The lowest BCUT2D eigenvalue weighted by molar-refractivity contribution is -0.121. The molecule has 3 nitrogen and oxygen atoms in total. The molecule has 0 saturated carbocycles. The molecule has 5 rings (SSSR count). The van der Waals surface area contributed by atoms with Crippen LogP contribution < -0.4 is 5.32 Å². The molecule has 186 valence electrons. The van der Waals surface area contributed by atoms with Crippen LogP contribution in [0.15, 0.2) is 115 Å². The highest BCUT2D eigenvalue weighted by Gasteiger charge is 2.21. The SMILES string of the molecule is Cc1ccc(Cn2cc(C(CCc3ccccc3)CC(=O)NCc3ccccc3)c3ccccc32)cc1. The number of nitrogens with one attached hydrogen (secondary N) is 1. The van der Waals surface area contributed by atoms with Crippen molar-refractivity contribution in [3.8, 4) is 0 Å². The maximum absolute atomic E-state index is 13.2. The number of benzene rings is 4. The third kappa shape index (κ3) is 6.37. The van der Waals surface area contributed by atoms with Crippen LogP contribution in [0.4, 0.5) is 0 Å². The second-order valence-electron chi connectivity index (χ2n) is 9.90. The first-order valence-electron chi connectivity index (χ1n) is 13.1. The van der Waals surface area contributed by atoms with Gasteiger partial charge in [-0.1, -0.05) is 109 Å². The largest absolute Gasteiger partial charge is 0.352 e. The van der Waals surface area contributed by atoms with E-state index in [0.717, 1.165) is 24.9 Å². The minimum absolute atomic E-state index is 0.0947. The number of amides is 1. The number of para-hydroxylation sites is 1. The maximum atomic E-state index is 13.2. The normalized spacial score (nSPS) is 11.9. The molecule has 0 radical (unpaired) electrons. The van der Waals surface area contributed by atoms with Crippen LogP contribution >= 0.6 is 0 Å². The Bertz CT molecular complexity index is 1440. The number of rotatable bonds is 10. The molecule has 37 heavy (non-hydrogen) atoms. The average molecular weight is 487 g/mol. The summed E-state index contributed by atoms with van der Waals surface area (Å²) < 4.78 is 2.34. The van der Waals surface area contributed by atoms with Gasteiger partial charge in [0.1, 0.15) is 0 Å². The van der Waals surface area contributed by atoms with Crippen LogP contribution in [-0.2, 0) is 24.3 Å². The minimum atomic E-state index is 0.0947. The Morgan fingerprint density at radius 1 is 0.757 bits per heavy atom. The smallest absolute Gasteiger partial charge is 0.220 e. The maximum Gasteiger partial charge on any atom is 0.220 e. The fourth-order valence-corrected chi connectivity index (χ4v) is 5.07. The molecule has 1 unspecified atom stereocenters. The lowest BCUT2D eigenvalue weighted by Gasteiger charge is -2.17. The van der Waals surface area contributed by atoms with Crippen LogP contribution in [0.25, 0.3) is 10.9 Å². The van der Waals surface area contributed by atoms with Crippen LogP contribution in [-0.4, -0.2) is 10.5 Å². The fraction of sp³-hybridized carbons (Fsp3) is 0.206. The van der Waals surface area contributed by atoms with Gasteiger partial charge in [-0.25, -0.2) is 0 Å². The Morgan fingerprint density at radius 2 is 1.41 bits per heavy atom. The van der Waals surface area contributed by atoms with Crippen molar-refractivity contribution in [2.45, 2.75) is 45.2 Å². The number of nitrogens with zero attached hydrogens (tertiary/aromatic N) is 1. The van der Waals surface area contributed by atoms with Crippen LogP contribution in [0.2, 0.25) is 0 Å². The summed E-state index contributed by atoms with van der Waals surface area (Å²) in [5, 5.41) is 4.39. The summed E-state index contributed by atoms with van der Waals surface area (Å²) >= 11 is 0. The van der Waals surface area contributed by atoms with Gasteiger partial charge in [-0.05, 0) is 54.0 Å². The average Bonchev–Trinajstić information content (AvgIpc) is 3.30. The third-order valence-corrected chi connectivity index (χ3v) is 7.12. The molecule has 1 heterocycles. The van der Waals surface area contributed by atoms with Gasteiger partial charge in [0.2, 0.25) is 5.91 Å². The molecule has 0 aliphatic carbocycles. The van der Waals surface area contributed by atoms with Crippen molar-refractivity contribution < 1.29 is 4.79 Å². The number of carbonyl (C=O) groups excluding carboxylic acids is 1. The molecule has 1 atom stereocenters. The Balaban J connectivity index is 1.41. The zero-order valence-corrected chi connectivity index (χ0v) is 21.4. The molecule has 1 aromatic heterocycles. The molecule has 1 amide bonds. The number of hydrogen-bond acceptors (Lipinski definition) is 1. The van der Waals surface area contributed by atoms with Crippen LogP contribution in [0.1, 0.15) is 46.6 Å². The predicted octanol–water partition coefficient (Wildman–Crippen LogP) is 7.42. The van der Waals surface area contributed by atoms with E-state index in [-0.39, 0.29) is 11.8 Å². The highest BCUT2D eigenvalue weighted by Crippen LogP contribution is 2.33. The summed E-state index contributed by atoms with van der Waals surface area (Å²) in [6.45, 7) is 3.49. The van der Waals surface area contributed by atoms with E-state index in [0.29, 0.717) is 13.0 Å². The Hall–Kier alpha value is -4.11. The van der Waals surface area contributed by atoms with Crippen LogP contribution in [0.5, 0.6) is 0 Å². The molecule has 1 N–H and O–H groups in total. The topological polar surface area (TPSA) is 34.0 Å². The first kappa shape index (κ1) is 24.6. The standard InChI is InChI=1S/C34H34N2O/c1-26-16-18-29(19-17-26)24-36-25-32(31-14-8-9-15-33(31)36)30(21-20-27-10-4-2-5-11-27)22-34(37)35-23-28-12-6-3-7-13-28/h2-19,25,30H,20-24H2,1H3,(H,35,37). The van der Waals surface area contributed by atoms with Crippen LogP contribution in [0, 0.1) is 6.92 Å². The highest BCUT2D eigenvalue weighted by atomic mass is 16.1. The molecule has 0 fully saturated rings. The summed E-state index contributed by atoms with van der Waals surface area (Å²) in [4.78, 5) is 13.2. The van der Waals surface area contributed by atoms with E-state index in [1.165, 1.54) is 33.2 Å². The summed E-state index contributed by atoms with van der Waals surface area (Å²) in [7, 11) is 0. The molecule has 4 aromatic carbocycles. The monoisotopic (exact) mass is 486 g/mol. The molecule has 0 aliphatic rings. The van der Waals surface area contributed by atoms with Gasteiger partial charge in [0.25, 0.3) is 0 Å². The van der Waals surface area contributed by atoms with E-state index >= 15 is 0 Å². The zero-order chi connectivity index (χ0) is 25.5. The minimum Gasteiger partial charge on any atom is -0.352 e. The van der Waals surface area contributed by atoms with Gasteiger partial charge in [0, 0.05) is 36.6 Å². The summed E-state index contributed by atoms with van der Waals surface area (Å²) in [5.74, 6) is 0.220. The highest BCUT2D eigenvalue weighted by molar-refractivity contribution is 5.86. The molecule has 0 saturated heterocycles. The van der Waals surface area contributed by atoms with Crippen molar-refractivity contribution in [2.24, 2.45) is 0 Å². The summed E-state index contributed by atoms with van der Waals surface area (Å²) in [5.41, 5.74) is 7.44. The fourth-order valence-electron chi connectivity index (χ4n) is 5.07. The third-order valence-electron chi connectivity index (χ3n) is 7.12. The van der Waals surface area contributed by atoms with Crippen molar-refractivity contribution in [1.29, 1.82) is 0 Å². The van der Waals surface area contributed by atoms with Gasteiger partial charge in [-0.3, -0.25) is 4.79 Å². The summed E-state index contributed by atoms with van der Waals surface area (Å²) in [6.07, 6.45) is 4.61. The van der Waals surface area contributed by atoms with E-state index in [1.54, 1.807) is 0 Å². The Kier molecular flexibility index (Phi) is 7.81. The zero-order valence-electron chi connectivity index (χ0n) is 21.4.